The lowest BCUT2D eigenvalue weighted by Crippen LogP contribution is -2.39. The van der Waals surface area contributed by atoms with Crippen molar-refractivity contribution in [2.45, 2.75) is 25.9 Å². The Bertz CT molecular complexity index is 388. The monoisotopic (exact) mass is 300 g/mol. The topological polar surface area (TPSA) is 61.3 Å². The molecule has 0 aliphatic carbocycles. The van der Waals surface area contributed by atoms with Gasteiger partial charge in [0.05, 0.1) is 10.6 Å². The molecule has 1 fully saturated rings. The van der Waals surface area contributed by atoms with Gasteiger partial charge in [-0.15, -0.1) is 0 Å². The summed E-state index contributed by atoms with van der Waals surface area (Å²) in [4.78, 5) is 10.7. The second-order valence-corrected chi connectivity index (χ2v) is 4.99. The maximum Gasteiger partial charge on any atom is 0.224 e. The zero-order valence-electron chi connectivity index (χ0n) is 9.86. The first-order valence-corrected chi connectivity index (χ1v) is 6.69. The van der Waals surface area contributed by atoms with Crippen molar-refractivity contribution in [2.75, 3.05) is 29.9 Å². The standard InChI is InChI=1S/C11H17BrN4O/c1-2-13-11-14-6-9(12)10(15-11)16-5-3-4-8(17)7-16/h6,8,17H,2-5,7H2,1H3,(H,13,14,15). The Labute approximate surface area is 109 Å². The number of nitrogens with one attached hydrogen (secondary N) is 1. The average molecular weight is 301 g/mol. The van der Waals surface area contributed by atoms with E-state index in [4.69, 9.17) is 0 Å². The summed E-state index contributed by atoms with van der Waals surface area (Å²) >= 11 is 3.46. The number of nitrogens with zero attached hydrogens (tertiary/aromatic N) is 3. The second-order valence-electron chi connectivity index (χ2n) is 4.14. The minimum absolute atomic E-state index is 0.256. The van der Waals surface area contributed by atoms with E-state index in [0.29, 0.717) is 12.5 Å². The number of rotatable bonds is 3. The summed E-state index contributed by atoms with van der Waals surface area (Å²) in [6.45, 7) is 4.37. The molecule has 2 heterocycles. The number of aliphatic hydroxyl groups excluding tert-OH is 1. The minimum Gasteiger partial charge on any atom is -0.391 e. The summed E-state index contributed by atoms with van der Waals surface area (Å²) in [5.74, 6) is 1.49. The zero-order valence-corrected chi connectivity index (χ0v) is 11.4. The number of hydrogen-bond donors (Lipinski definition) is 2. The summed E-state index contributed by atoms with van der Waals surface area (Å²) in [6, 6.07) is 0. The predicted molar refractivity (Wildman–Crippen MR) is 71.3 cm³/mol. The lowest BCUT2D eigenvalue weighted by Gasteiger charge is -2.31. The van der Waals surface area contributed by atoms with Gasteiger partial charge in [0, 0.05) is 25.8 Å². The summed E-state index contributed by atoms with van der Waals surface area (Å²) < 4.78 is 0.869. The van der Waals surface area contributed by atoms with Crippen LogP contribution in [0.2, 0.25) is 0 Å². The summed E-state index contributed by atoms with van der Waals surface area (Å²) in [5.41, 5.74) is 0. The number of β-amino-alcohol motifs (C(OH)–C–C–N with tert-alkyl or cyclic N) is 1. The molecule has 1 atom stereocenters. The molecule has 0 saturated carbocycles. The predicted octanol–water partition coefficient (Wildman–Crippen LogP) is 1.63. The Hall–Kier alpha value is -0.880. The fraction of sp³-hybridized carbons (Fsp3) is 0.636. The fourth-order valence-corrected chi connectivity index (χ4v) is 2.41. The normalized spacial score (nSPS) is 20.4. The van der Waals surface area contributed by atoms with Gasteiger partial charge in [0.1, 0.15) is 5.82 Å². The molecule has 0 aromatic carbocycles. The van der Waals surface area contributed by atoms with Crippen molar-refractivity contribution in [3.8, 4) is 0 Å². The number of aromatic nitrogens is 2. The van der Waals surface area contributed by atoms with E-state index in [0.717, 1.165) is 36.2 Å². The molecule has 1 aliphatic heterocycles. The first-order chi connectivity index (χ1) is 8.20. The van der Waals surface area contributed by atoms with Crippen LogP contribution in [0, 0.1) is 0 Å². The molecule has 0 spiro atoms. The number of anilines is 2. The molecule has 6 heteroatoms. The van der Waals surface area contributed by atoms with Crippen molar-refractivity contribution in [1.82, 2.24) is 9.97 Å². The van der Waals surface area contributed by atoms with Crippen LogP contribution >= 0.6 is 15.9 Å². The largest absolute Gasteiger partial charge is 0.391 e. The molecule has 17 heavy (non-hydrogen) atoms. The van der Waals surface area contributed by atoms with Gasteiger partial charge < -0.3 is 15.3 Å². The molecule has 0 radical (unpaired) electrons. The van der Waals surface area contributed by atoms with Crippen molar-refractivity contribution >= 4 is 27.7 Å². The van der Waals surface area contributed by atoms with Crippen LogP contribution in [0.3, 0.4) is 0 Å². The lowest BCUT2D eigenvalue weighted by atomic mass is 10.1. The quantitative estimate of drug-likeness (QED) is 0.888. The van der Waals surface area contributed by atoms with Crippen molar-refractivity contribution in [3.63, 3.8) is 0 Å². The first kappa shape index (κ1) is 12.6. The zero-order chi connectivity index (χ0) is 12.3. The van der Waals surface area contributed by atoms with E-state index in [1.807, 2.05) is 6.92 Å². The molecule has 1 aromatic heterocycles. The minimum atomic E-state index is -0.256. The maximum absolute atomic E-state index is 9.69. The highest BCUT2D eigenvalue weighted by Gasteiger charge is 2.21. The first-order valence-electron chi connectivity index (χ1n) is 5.90. The molecule has 0 bridgehead atoms. The molecular weight excluding hydrogens is 284 g/mol. The van der Waals surface area contributed by atoms with Crippen LogP contribution in [0.4, 0.5) is 11.8 Å². The molecule has 1 unspecified atom stereocenters. The summed E-state index contributed by atoms with van der Waals surface area (Å²) in [7, 11) is 0. The average Bonchev–Trinajstić information content (AvgIpc) is 2.32. The number of halogens is 1. The molecule has 1 aromatic rings. The molecule has 94 valence electrons. The van der Waals surface area contributed by atoms with Crippen molar-refractivity contribution < 1.29 is 5.11 Å². The van der Waals surface area contributed by atoms with Gasteiger partial charge in [-0.05, 0) is 35.7 Å². The van der Waals surface area contributed by atoms with E-state index < -0.39 is 0 Å². The van der Waals surface area contributed by atoms with Gasteiger partial charge in [0.2, 0.25) is 5.95 Å². The molecule has 2 rings (SSSR count). The number of aliphatic hydroxyl groups is 1. The third-order valence-electron chi connectivity index (χ3n) is 2.76. The Morgan fingerprint density at radius 2 is 2.47 bits per heavy atom. The highest BCUT2D eigenvalue weighted by atomic mass is 79.9. The highest BCUT2D eigenvalue weighted by Crippen LogP contribution is 2.26. The second kappa shape index (κ2) is 5.64. The van der Waals surface area contributed by atoms with Crippen LogP contribution in [0.25, 0.3) is 0 Å². The summed E-state index contributed by atoms with van der Waals surface area (Å²) in [6.07, 6.45) is 3.36. The fourth-order valence-electron chi connectivity index (χ4n) is 1.97. The van der Waals surface area contributed by atoms with Gasteiger partial charge in [-0.3, -0.25) is 0 Å². The smallest absolute Gasteiger partial charge is 0.224 e. The Morgan fingerprint density at radius 1 is 1.65 bits per heavy atom. The van der Waals surface area contributed by atoms with E-state index >= 15 is 0 Å². The Kier molecular flexibility index (Phi) is 4.17. The van der Waals surface area contributed by atoms with Gasteiger partial charge >= 0.3 is 0 Å². The summed E-state index contributed by atoms with van der Waals surface area (Å²) in [5, 5.41) is 12.8. The van der Waals surface area contributed by atoms with Crippen LogP contribution in [0.1, 0.15) is 19.8 Å². The van der Waals surface area contributed by atoms with E-state index in [2.05, 4.69) is 36.1 Å². The molecule has 1 saturated heterocycles. The van der Waals surface area contributed by atoms with Crippen LogP contribution in [0.5, 0.6) is 0 Å². The van der Waals surface area contributed by atoms with Gasteiger partial charge in [-0.1, -0.05) is 0 Å². The van der Waals surface area contributed by atoms with Crippen LogP contribution in [0.15, 0.2) is 10.7 Å². The Balaban J connectivity index is 2.20. The molecule has 1 aliphatic rings. The van der Waals surface area contributed by atoms with E-state index in [1.54, 1.807) is 6.20 Å². The van der Waals surface area contributed by atoms with Gasteiger partial charge in [-0.25, -0.2) is 4.98 Å². The number of piperidine rings is 1. The molecule has 5 nitrogen and oxygen atoms in total. The van der Waals surface area contributed by atoms with E-state index in [9.17, 15) is 5.11 Å². The SMILES string of the molecule is CCNc1ncc(Br)c(N2CCCC(O)C2)n1. The third kappa shape index (κ3) is 3.07. The lowest BCUT2D eigenvalue weighted by molar-refractivity contribution is 0.154. The maximum atomic E-state index is 9.69. The van der Waals surface area contributed by atoms with Gasteiger partial charge in [-0.2, -0.15) is 4.98 Å². The van der Waals surface area contributed by atoms with Gasteiger partial charge in [0.25, 0.3) is 0 Å². The van der Waals surface area contributed by atoms with Gasteiger partial charge in [0.15, 0.2) is 0 Å². The van der Waals surface area contributed by atoms with Crippen molar-refractivity contribution in [3.05, 3.63) is 10.7 Å². The van der Waals surface area contributed by atoms with Crippen molar-refractivity contribution in [2.24, 2.45) is 0 Å². The molecule has 2 N–H and O–H groups in total. The number of hydrogen-bond acceptors (Lipinski definition) is 5. The molecule has 0 amide bonds. The van der Waals surface area contributed by atoms with Crippen molar-refractivity contribution in [1.29, 1.82) is 0 Å². The van der Waals surface area contributed by atoms with Crippen LogP contribution in [-0.4, -0.2) is 40.8 Å². The van der Waals surface area contributed by atoms with E-state index in [-0.39, 0.29) is 6.10 Å². The van der Waals surface area contributed by atoms with E-state index in [1.165, 1.54) is 0 Å². The third-order valence-corrected chi connectivity index (χ3v) is 3.32. The van der Waals surface area contributed by atoms with Crippen LogP contribution < -0.4 is 10.2 Å². The van der Waals surface area contributed by atoms with Crippen LogP contribution in [-0.2, 0) is 0 Å². The highest BCUT2D eigenvalue weighted by molar-refractivity contribution is 9.10. The Morgan fingerprint density at radius 3 is 3.18 bits per heavy atom. The molecular formula is C11H17BrN4O.